The zero-order chi connectivity index (χ0) is 17.6. The van der Waals surface area contributed by atoms with Crippen LogP contribution in [-0.2, 0) is 11.3 Å². The van der Waals surface area contributed by atoms with Crippen LogP contribution in [0.15, 0.2) is 47.4 Å². The summed E-state index contributed by atoms with van der Waals surface area (Å²) < 4.78 is 3.51. The van der Waals surface area contributed by atoms with Gasteiger partial charge in [-0.15, -0.1) is 0 Å². The summed E-state index contributed by atoms with van der Waals surface area (Å²) in [7, 11) is 0. The first-order chi connectivity index (χ1) is 12.0. The third kappa shape index (κ3) is 2.73. The lowest BCUT2D eigenvalue weighted by molar-refractivity contribution is -0.134. The molecule has 1 saturated heterocycles. The molecule has 2 atom stereocenters. The highest BCUT2D eigenvalue weighted by Gasteiger charge is 2.26. The van der Waals surface area contributed by atoms with Crippen LogP contribution in [0.5, 0.6) is 0 Å². The van der Waals surface area contributed by atoms with Gasteiger partial charge < -0.3 is 9.30 Å². The molecule has 0 spiro atoms. The van der Waals surface area contributed by atoms with Gasteiger partial charge in [0.1, 0.15) is 12.1 Å². The first kappa shape index (κ1) is 15.9. The summed E-state index contributed by atoms with van der Waals surface area (Å²) in [5.41, 5.74) is 2.22. The van der Waals surface area contributed by atoms with Gasteiger partial charge in [0.25, 0.3) is 5.56 Å². The van der Waals surface area contributed by atoms with E-state index in [1.54, 1.807) is 10.6 Å². The van der Waals surface area contributed by atoms with Crippen LogP contribution in [0.2, 0.25) is 0 Å². The van der Waals surface area contributed by atoms with Gasteiger partial charge in [-0.25, -0.2) is 0 Å². The highest BCUT2D eigenvalue weighted by molar-refractivity contribution is 5.82. The molecule has 4 rings (SSSR count). The summed E-state index contributed by atoms with van der Waals surface area (Å²) in [6, 6.07) is 11.4. The maximum absolute atomic E-state index is 12.9. The zero-order valence-electron chi connectivity index (χ0n) is 14.7. The Bertz CT molecular complexity index is 991. The highest BCUT2D eigenvalue weighted by atomic mass is 16.2. The van der Waals surface area contributed by atoms with Crippen molar-refractivity contribution in [2.75, 3.05) is 13.1 Å². The van der Waals surface area contributed by atoms with Gasteiger partial charge in [-0.3, -0.25) is 14.2 Å². The van der Waals surface area contributed by atoms with E-state index in [4.69, 9.17) is 0 Å². The third-order valence-corrected chi connectivity index (χ3v) is 5.16. The number of amides is 1. The van der Waals surface area contributed by atoms with Gasteiger partial charge in [-0.2, -0.15) is 0 Å². The van der Waals surface area contributed by atoms with Crippen molar-refractivity contribution in [1.29, 1.82) is 0 Å². The second-order valence-electron chi connectivity index (χ2n) is 7.39. The molecule has 5 heteroatoms. The molecule has 5 nitrogen and oxygen atoms in total. The minimum atomic E-state index is -0.116. The fraction of sp³-hybridized carbons (Fsp3) is 0.400. The standard InChI is InChI=1S/C20H23N3O2/c1-14-10-15(2)12-21(11-14)19(24)13-23-17-7-4-3-6-16(17)22-9-5-8-18(22)20(23)25/h3-9,14-15H,10-13H2,1-2H3. The molecule has 1 amide bonds. The van der Waals surface area contributed by atoms with Crippen molar-refractivity contribution in [2.24, 2.45) is 11.8 Å². The van der Waals surface area contributed by atoms with Crippen LogP contribution in [0.1, 0.15) is 20.3 Å². The quantitative estimate of drug-likeness (QED) is 0.722. The summed E-state index contributed by atoms with van der Waals surface area (Å²) in [4.78, 5) is 27.7. The average molecular weight is 337 g/mol. The fourth-order valence-electron chi connectivity index (χ4n) is 4.17. The summed E-state index contributed by atoms with van der Waals surface area (Å²) >= 11 is 0. The Balaban J connectivity index is 1.77. The fourth-order valence-corrected chi connectivity index (χ4v) is 4.17. The van der Waals surface area contributed by atoms with E-state index in [1.165, 1.54) is 0 Å². The number of piperidine rings is 1. The zero-order valence-corrected chi connectivity index (χ0v) is 14.7. The second-order valence-corrected chi connectivity index (χ2v) is 7.39. The predicted octanol–water partition coefficient (Wildman–Crippen LogP) is 2.76. The minimum absolute atomic E-state index is 0.0292. The predicted molar refractivity (Wildman–Crippen MR) is 98.7 cm³/mol. The SMILES string of the molecule is CC1CC(C)CN(C(=O)Cn2c(=O)c3cccn3c3ccccc32)C1. The molecule has 25 heavy (non-hydrogen) atoms. The molecule has 1 aromatic carbocycles. The summed E-state index contributed by atoms with van der Waals surface area (Å²) in [5.74, 6) is 1.05. The van der Waals surface area contributed by atoms with E-state index in [0.29, 0.717) is 17.4 Å². The molecule has 0 N–H and O–H groups in total. The van der Waals surface area contributed by atoms with Crippen LogP contribution in [0.25, 0.3) is 16.6 Å². The second kappa shape index (κ2) is 6.06. The maximum Gasteiger partial charge on any atom is 0.275 e. The topological polar surface area (TPSA) is 46.7 Å². The number of nitrogens with zero attached hydrogens (tertiary/aromatic N) is 3. The van der Waals surface area contributed by atoms with Crippen molar-refractivity contribution in [3.05, 3.63) is 52.9 Å². The average Bonchev–Trinajstić information content (AvgIpc) is 3.07. The molecule has 0 saturated carbocycles. The van der Waals surface area contributed by atoms with E-state index in [0.717, 1.165) is 30.5 Å². The normalized spacial score (nSPS) is 21.1. The number of likely N-dealkylation sites (tertiary alicyclic amines) is 1. The molecule has 130 valence electrons. The lowest BCUT2D eigenvalue weighted by Gasteiger charge is -2.35. The van der Waals surface area contributed by atoms with Gasteiger partial charge in [0.2, 0.25) is 5.91 Å². The lowest BCUT2D eigenvalue weighted by atomic mass is 9.92. The van der Waals surface area contributed by atoms with Crippen molar-refractivity contribution in [3.8, 4) is 0 Å². The molecular formula is C20H23N3O2. The maximum atomic E-state index is 12.9. The summed E-state index contributed by atoms with van der Waals surface area (Å²) in [5, 5.41) is 0. The molecule has 1 aliphatic rings. The largest absolute Gasteiger partial charge is 0.341 e. The molecule has 3 heterocycles. The van der Waals surface area contributed by atoms with Crippen LogP contribution < -0.4 is 5.56 Å². The van der Waals surface area contributed by atoms with Crippen LogP contribution >= 0.6 is 0 Å². The number of hydrogen-bond acceptors (Lipinski definition) is 2. The molecule has 0 aliphatic carbocycles. The Morgan fingerprint density at radius 1 is 1.00 bits per heavy atom. The molecule has 2 aromatic heterocycles. The monoisotopic (exact) mass is 337 g/mol. The number of hydrogen-bond donors (Lipinski definition) is 0. The van der Waals surface area contributed by atoms with Crippen molar-refractivity contribution in [1.82, 2.24) is 13.9 Å². The first-order valence-corrected chi connectivity index (χ1v) is 8.91. The van der Waals surface area contributed by atoms with Crippen LogP contribution in [0.4, 0.5) is 0 Å². The van der Waals surface area contributed by atoms with Gasteiger partial charge in [0.05, 0.1) is 11.0 Å². The molecular weight excluding hydrogens is 314 g/mol. The first-order valence-electron chi connectivity index (χ1n) is 8.91. The molecule has 3 aromatic rings. The van der Waals surface area contributed by atoms with Crippen LogP contribution in [-0.4, -0.2) is 32.9 Å². The third-order valence-electron chi connectivity index (χ3n) is 5.16. The lowest BCUT2D eigenvalue weighted by Crippen LogP contribution is -2.45. The van der Waals surface area contributed by atoms with E-state index >= 15 is 0 Å². The number of benzene rings is 1. The van der Waals surface area contributed by atoms with Gasteiger partial charge in [0, 0.05) is 19.3 Å². The van der Waals surface area contributed by atoms with Crippen molar-refractivity contribution in [2.45, 2.75) is 26.8 Å². The number of para-hydroxylation sites is 2. The Morgan fingerprint density at radius 3 is 2.36 bits per heavy atom. The van der Waals surface area contributed by atoms with Gasteiger partial charge in [-0.05, 0) is 42.5 Å². The molecule has 1 fully saturated rings. The molecule has 0 bridgehead atoms. The number of aromatic nitrogens is 2. The number of fused-ring (bicyclic) bond motifs is 3. The van der Waals surface area contributed by atoms with Crippen molar-refractivity contribution in [3.63, 3.8) is 0 Å². The van der Waals surface area contributed by atoms with E-state index in [1.807, 2.05) is 45.8 Å². The molecule has 1 aliphatic heterocycles. The van der Waals surface area contributed by atoms with E-state index in [2.05, 4.69) is 13.8 Å². The Kier molecular flexibility index (Phi) is 3.86. The van der Waals surface area contributed by atoms with Crippen LogP contribution in [0, 0.1) is 11.8 Å². The van der Waals surface area contributed by atoms with E-state index in [-0.39, 0.29) is 18.0 Å². The smallest absolute Gasteiger partial charge is 0.275 e. The Labute approximate surface area is 146 Å². The van der Waals surface area contributed by atoms with Gasteiger partial charge in [0.15, 0.2) is 0 Å². The Hall–Kier alpha value is -2.56. The van der Waals surface area contributed by atoms with Crippen molar-refractivity contribution < 1.29 is 4.79 Å². The summed E-state index contributed by atoms with van der Waals surface area (Å²) in [6.07, 6.45) is 3.04. The molecule has 2 unspecified atom stereocenters. The highest BCUT2D eigenvalue weighted by Crippen LogP contribution is 2.21. The van der Waals surface area contributed by atoms with Crippen LogP contribution in [0.3, 0.4) is 0 Å². The van der Waals surface area contributed by atoms with Crippen molar-refractivity contribution >= 4 is 22.5 Å². The van der Waals surface area contributed by atoms with E-state index in [9.17, 15) is 9.59 Å². The Morgan fingerprint density at radius 2 is 1.64 bits per heavy atom. The number of carbonyl (C=O) groups is 1. The van der Waals surface area contributed by atoms with E-state index < -0.39 is 0 Å². The molecule has 0 radical (unpaired) electrons. The minimum Gasteiger partial charge on any atom is -0.341 e. The number of carbonyl (C=O) groups excluding carboxylic acids is 1. The van der Waals surface area contributed by atoms with Gasteiger partial charge >= 0.3 is 0 Å². The number of rotatable bonds is 2. The summed E-state index contributed by atoms with van der Waals surface area (Å²) in [6.45, 7) is 6.03. The van der Waals surface area contributed by atoms with Gasteiger partial charge in [-0.1, -0.05) is 26.0 Å².